The molecule has 1 aliphatic heterocycles. The molecule has 2 amide bonds. The molecule has 118 valence electrons. The van der Waals surface area contributed by atoms with Crippen molar-refractivity contribution in [1.82, 2.24) is 4.90 Å². The maximum absolute atomic E-state index is 12.9. The van der Waals surface area contributed by atoms with E-state index in [0.717, 1.165) is 11.3 Å². The van der Waals surface area contributed by atoms with Gasteiger partial charge in [0.05, 0.1) is 5.92 Å². The van der Waals surface area contributed by atoms with E-state index < -0.39 is 0 Å². The molecule has 1 N–H and O–H groups in total. The van der Waals surface area contributed by atoms with Crippen molar-refractivity contribution in [2.45, 2.75) is 13.0 Å². The van der Waals surface area contributed by atoms with Gasteiger partial charge in [0.1, 0.15) is 5.82 Å². The van der Waals surface area contributed by atoms with Crippen LogP contribution in [0.4, 0.5) is 10.1 Å². The van der Waals surface area contributed by atoms with Crippen molar-refractivity contribution in [3.8, 4) is 0 Å². The smallest absolute Gasteiger partial charge is 0.229 e. The highest BCUT2D eigenvalue weighted by Gasteiger charge is 2.34. The average Bonchev–Trinajstić information content (AvgIpc) is 2.92. The SMILES string of the molecule is O=C(Nc1ccccc1)C1CC(=O)N(Cc2ccc(F)cc2)C1. The third-order valence-electron chi connectivity index (χ3n) is 3.91. The van der Waals surface area contributed by atoms with Crippen molar-refractivity contribution in [1.29, 1.82) is 0 Å². The summed E-state index contributed by atoms with van der Waals surface area (Å²) >= 11 is 0. The van der Waals surface area contributed by atoms with Crippen molar-refractivity contribution < 1.29 is 14.0 Å². The number of carbonyl (C=O) groups is 2. The first-order chi connectivity index (χ1) is 11.1. The van der Waals surface area contributed by atoms with Gasteiger partial charge >= 0.3 is 0 Å². The summed E-state index contributed by atoms with van der Waals surface area (Å²) in [7, 11) is 0. The highest BCUT2D eigenvalue weighted by molar-refractivity contribution is 5.97. The van der Waals surface area contributed by atoms with Gasteiger partial charge in [-0.1, -0.05) is 30.3 Å². The van der Waals surface area contributed by atoms with E-state index in [1.807, 2.05) is 30.3 Å². The second-order valence-corrected chi connectivity index (χ2v) is 5.66. The Morgan fingerprint density at radius 1 is 1.13 bits per heavy atom. The third-order valence-corrected chi connectivity index (χ3v) is 3.91. The maximum Gasteiger partial charge on any atom is 0.229 e. The maximum atomic E-state index is 12.9. The molecule has 0 saturated carbocycles. The van der Waals surface area contributed by atoms with Crippen LogP contribution in [-0.2, 0) is 16.1 Å². The molecule has 0 aromatic heterocycles. The summed E-state index contributed by atoms with van der Waals surface area (Å²) in [6, 6.07) is 15.2. The second-order valence-electron chi connectivity index (χ2n) is 5.66. The first-order valence-electron chi connectivity index (χ1n) is 7.50. The second kappa shape index (κ2) is 6.60. The average molecular weight is 312 g/mol. The van der Waals surface area contributed by atoms with Gasteiger partial charge in [0.25, 0.3) is 0 Å². The number of anilines is 1. The third kappa shape index (κ3) is 3.74. The van der Waals surface area contributed by atoms with E-state index in [1.54, 1.807) is 17.0 Å². The minimum atomic E-state index is -0.358. The fourth-order valence-electron chi connectivity index (χ4n) is 2.68. The standard InChI is InChI=1S/C18H17FN2O2/c19-15-8-6-13(7-9-15)11-21-12-14(10-17(21)22)18(23)20-16-4-2-1-3-5-16/h1-9,14H,10-12H2,(H,20,23). The van der Waals surface area contributed by atoms with Gasteiger partial charge in [-0.15, -0.1) is 0 Å². The highest BCUT2D eigenvalue weighted by atomic mass is 19.1. The Labute approximate surface area is 133 Å². The van der Waals surface area contributed by atoms with Gasteiger partial charge in [0.2, 0.25) is 11.8 Å². The molecule has 1 aliphatic rings. The fourth-order valence-corrected chi connectivity index (χ4v) is 2.68. The quantitative estimate of drug-likeness (QED) is 0.944. The highest BCUT2D eigenvalue weighted by Crippen LogP contribution is 2.22. The summed E-state index contributed by atoms with van der Waals surface area (Å²) in [5, 5.41) is 2.83. The van der Waals surface area contributed by atoms with Crippen molar-refractivity contribution >= 4 is 17.5 Å². The van der Waals surface area contributed by atoms with E-state index in [4.69, 9.17) is 0 Å². The number of benzene rings is 2. The molecule has 0 spiro atoms. The van der Waals surface area contributed by atoms with Crippen molar-refractivity contribution in [3.63, 3.8) is 0 Å². The zero-order valence-corrected chi connectivity index (χ0v) is 12.5. The largest absolute Gasteiger partial charge is 0.338 e. The number of para-hydroxylation sites is 1. The number of carbonyl (C=O) groups excluding carboxylic acids is 2. The molecular formula is C18H17FN2O2. The van der Waals surface area contributed by atoms with Gasteiger partial charge in [-0.2, -0.15) is 0 Å². The number of hydrogen-bond acceptors (Lipinski definition) is 2. The van der Waals surface area contributed by atoms with Crippen LogP contribution in [0.2, 0.25) is 0 Å². The summed E-state index contributed by atoms with van der Waals surface area (Å²) < 4.78 is 12.9. The van der Waals surface area contributed by atoms with Gasteiger partial charge in [-0.05, 0) is 29.8 Å². The lowest BCUT2D eigenvalue weighted by molar-refractivity contribution is -0.128. The molecule has 1 fully saturated rings. The molecular weight excluding hydrogens is 295 g/mol. The minimum Gasteiger partial charge on any atom is -0.338 e. The molecule has 3 rings (SSSR count). The van der Waals surface area contributed by atoms with E-state index in [2.05, 4.69) is 5.32 Å². The Bertz CT molecular complexity index is 701. The molecule has 1 saturated heterocycles. The monoisotopic (exact) mass is 312 g/mol. The summed E-state index contributed by atoms with van der Waals surface area (Å²) in [5.41, 5.74) is 1.57. The molecule has 4 nitrogen and oxygen atoms in total. The van der Waals surface area contributed by atoms with Crippen molar-refractivity contribution in [3.05, 3.63) is 66.0 Å². The van der Waals surface area contributed by atoms with Crippen LogP contribution in [-0.4, -0.2) is 23.3 Å². The van der Waals surface area contributed by atoms with E-state index in [-0.39, 0.29) is 30.0 Å². The van der Waals surface area contributed by atoms with Crippen LogP contribution in [0, 0.1) is 11.7 Å². The molecule has 1 atom stereocenters. The van der Waals surface area contributed by atoms with E-state index in [1.165, 1.54) is 12.1 Å². The topological polar surface area (TPSA) is 49.4 Å². The van der Waals surface area contributed by atoms with E-state index >= 15 is 0 Å². The number of nitrogens with one attached hydrogen (secondary N) is 1. The van der Waals surface area contributed by atoms with Gasteiger partial charge in [-0.3, -0.25) is 9.59 Å². The molecule has 0 aliphatic carbocycles. The lowest BCUT2D eigenvalue weighted by atomic mass is 10.1. The minimum absolute atomic E-state index is 0.0532. The molecule has 2 aromatic rings. The van der Waals surface area contributed by atoms with Crippen LogP contribution >= 0.6 is 0 Å². The lowest BCUT2D eigenvalue weighted by Gasteiger charge is -2.16. The summed E-state index contributed by atoms with van der Waals surface area (Å²) in [6.45, 7) is 0.781. The van der Waals surface area contributed by atoms with Gasteiger partial charge in [-0.25, -0.2) is 4.39 Å². The Morgan fingerprint density at radius 2 is 1.83 bits per heavy atom. The zero-order valence-electron chi connectivity index (χ0n) is 12.5. The molecule has 0 bridgehead atoms. The number of amides is 2. The van der Waals surface area contributed by atoms with Gasteiger partial charge in [0, 0.05) is 25.2 Å². The van der Waals surface area contributed by atoms with Gasteiger partial charge < -0.3 is 10.2 Å². The van der Waals surface area contributed by atoms with E-state index in [0.29, 0.717) is 13.1 Å². The predicted molar refractivity (Wildman–Crippen MR) is 85.0 cm³/mol. The molecule has 2 aromatic carbocycles. The van der Waals surface area contributed by atoms with Crippen LogP contribution < -0.4 is 5.32 Å². The lowest BCUT2D eigenvalue weighted by Crippen LogP contribution is -2.28. The molecule has 5 heteroatoms. The Morgan fingerprint density at radius 3 is 2.52 bits per heavy atom. The Hall–Kier alpha value is -2.69. The zero-order chi connectivity index (χ0) is 16.2. The molecule has 23 heavy (non-hydrogen) atoms. The van der Waals surface area contributed by atoms with E-state index in [9.17, 15) is 14.0 Å². The normalized spacial score (nSPS) is 17.3. The first-order valence-corrected chi connectivity index (χ1v) is 7.50. The number of nitrogens with zero attached hydrogens (tertiary/aromatic N) is 1. The van der Waals surface area contributed by atoms with Crippen LogP contribution in [0.15, 0.2) is 54.6 Å². The summed E-state index contributed by atoms with van der Waals surface area (Å²) in [4.78, 5) is 26.0. The Balaban J connectivity index is 1.60. The van der Waals surface area contributed by atoms with Crippen molar-refractivity contribution in [2.24, 2.45) is 5.92 Å². The van der Waals surface area contributed by atoms with Crippen LogP contribution in [0.1, 0.15) is 12.0 Å². The summed E-state index contributed by atoms with van der Waals surface area (Å²) in [6.07, 6.45) is 0.208. The van der Waals surface area contributed by atoms with Crippen molar-refractivity contribution in [2.75, 3.05) is 11.9 Å². The fraction of sp³-hybridized carbons (Fsp3) is 0.222. The number of rotatable bonds is 4. The molecule has 1 heterocycles. The number of hydrogen-bond donors (Lipinski definition) is 1. The first kappa shape index (κ1) is 15.2. The Kier molecular flexibility index (Phi) is 4.37. The van der Waals surface area contributed by atoms with Crippen LogP contribution in [0.25, 0.3) is 0 Å². The molecule has 0 radical (unpaired) electrons. The molecule has 1 unspecified atom stereocenters. The predicted octanol–water partition coefficient (Wildman–Crippen LogP) is 2.81. The van der Waals surface area contributed by atoms with Gasteiger partial charge in [0.15, 0.2) is 0 Å². The van der Waals surface area contributed by atoms with Crippen LogP contribution in [0.3, 0.4) is 0 Å². The number of likely N-dealkylation sites (tertiary alicyclic amines) is 1. The van der Waals surface area contributed by atoms with Crippen LogP contribution in [0.5, 0.6) is 0 Å². The number of halogens is 1. The summed E-state index contributed by atoms with van der Waals surface area (Å²) in [5.74, 6) is -0.863.